The Morgan fingerprint density at radius 2 is 1.88 bits per heavy atom. The van der Waals surface area contributed by atoms with Gasteiger partial charge in [0.1, 0.15) is 5.75 Å². The van der Waals surface area contributed by atoms with Crippen molar-refractivity contribution in [2.24, 2.45) is 0 Å². The minimum atomic E-state index is -4.64. The number of methoxy groups -OCH3 is 1. The van der Waals surface area contributed by atoms with Crippen LogP contribution in [0.4, 0.5) is 0 Å². The highest BCUT2D eigenvalue weighted by molar-refractivity contribution is 7.81. The van der Waals surface area contributed by atoms with E-state index in [1.165, 1.54) is 24.8 Å². The molecule has 24 heavy (non-hydrogen) atoms. The highest BCUT2D eigenvalue weighted by atomic mass is 32.3. The van der Waals surface area contributed by atoms with E-state index in [-0.39, 0.29) is 17.2 Å². The average Bonchev–Trinajstić information content (AvgIpc) is 2.45. The van der Waals surface area contributed by atoms with Gasteiger partial charge in [-0.3, -0.25) is 4.55 Å². The van der Waals surface area contributed by atoms with Crippen LogP contribution in [0.15, 0.2) is 35.4 Å². The van der Waals surface area contributed by atoms with Crippen LogP contribution in [0.2, 0.25) is 0 Å². The predicted octanol–water partition coefficient (Wildman–Crippen LogP) is 3.82. The molecule has 0 spiro atoms. The van der Waals surface area contributed by atoms with Gasteiger partial charge < -0.3 is 14.0 Å². The van der Waals surface area contributed by atoms with Crippen molar-refractivity contribution in [3.63, 3.8) is 0 Å². The molecule has 0 aromatic heterocycles. The molecule has 0 aliphatic heterocycles. The fourth-order valence-corrected chi connectivity index (χ4v) is 2.43. The summed E-state index contributed by atoms with van der Waals surface area (Å²) >= 11 is 0. The van der Waals surface area contributed by atoms with E-state index in [1.54, 1.807) is 0 Å². The molecular formula is C17H24O6S. The first kappa shape index (κ1) is 20.1. The lowest BCUT2D eigenvalue weighted by atomic mass is 10.0. The van der Waals surface area contributed by atoms with E-state index in [0.717, 1.165) is 18.4 Å². The number of phenols is 1. The van der Waals surface area contributed by atoms with E-state index in [9.17, 15) is 13.5 Å². The molecule has 0 saturated heterocycles. The lowest BCUT2D eigenvalue weighted by molar-refractivity contribution is 0.363. The number of allylic oxidation sites excluding steroid dienone is 4. The predicted molar refractivity (Wildman–Crippen MR) is 93.0 cm³/mol. The minimum absolute atomic E-state index is 0.0711. The Labute approximate surface area is 143 Å². The summed E-state index contributed by atoms with van der Waals surface area (Å²) in [6.07, 6.45) is 6.31. The van der Waals surface area contributed by atoms with Gasteiger partial charge in [0.2, 0.25) is 0 Å². The zero-order valence-electron chi connectivity index (χ0n) is 14.4. The van der Waals surface area contributed by atoms with Crippen molar-refractivity contribution in [3.8, 4) is 17.2 Å². The second-order valence-electron chi connectivity index (χ2n) is 5.72. The zero-order chi connectivity index (χ0) is 18.3. The summed E-state index contributed by atoms with van der Waals surface area (Å²) in [5.74, 6) is -0.145. The molecule has 0 unspecified atom stereocenters. The maximum atomic E-state index is 10.8. The second-order valence-corrected chi connectivity index (χ2v) is 6.74. The molecule has 0 fully saturated rings. The molecule has 0 atom stereocenters. The van der Waals surface area contributed by atoms with Crippen LogP contribution in [0.3, 0.4) is 0 Å². The normalized spacial score (nSPS) is 12.0. The first-order valence-electron chi connectivity index (χ1n) is 7.48. The van der Waals surface area contributed by atoms with Gasteiger partial charge in [-0.15, -0.1) is 0 Å². The van der Waals surface area contributed by atoms with Crippen LogP contribution in [0.5, 0.6) is 17.2 Å². The topological polar surface area (TPSA) is 93.1 Å². The lowest BCUT2D eigenvalue weighted by Crippen LogP contribution is -2.07. The summed E-state index contributed by atoms with van der Waals surface area (Å²) < 4.78 is 39.9. The standard InChI is InChI=1S/C17H24O6S/c1-12(2)6-5-7-13(3)8-9-14-10-15(23-24(19,20)21)11-16(22-4)17(14)18/h6,8,10-11,18H,5,7,9H2,1-4H3,(H,19,20,21). The van der Waals surface area contributed by atoms with Crippen LogP contribution >= 0.6 is 0 Å². The first-order valence-corrected chi connectivity index (χ1v) is 8.84. The number of hydrogen-bond donors (Lipinski definition) is 2. The van der Waals surface area contributed by atoms with Crippen LogP contribution in [0.1, 0.15) is 39.2 Å². The van der Waals surface area contributed by atoms with Gasteiger partial charge in [-0.2, -0.15) is 8.42 Å². The molecule has 2 N–H and O–H groups in total. The van der Waals surface area contributed by atoms with Crippen LogP contribution in [-0.4, -0.2) is 25.2 Å². The van der Waals surface area contributed by atoms with Crippen molar-refractivity contribution < 1.29 is 27.0 Å². The Morgan fingerprint density at radius 3 is 2.42 bits per heavy atom. The minimum Gasteiger partial charge on any atom is -0.504 e. The van der Waals surface area contributed by atoms with E-state index in [1.807, 2.05) is 26.8 Å². The molecule has 6 nitrogen and oxygen atoms in total. The Morgan fingerprint density at radius 1 is 1.21 bits per heavy atom. The Balaban J connectivity index is 2.97. The summed E-state index contributed by atoms with van der Waals surface area (Å²) in [7, 11) is -3.30. The monoisotopic (exact) mass is 356 g/mol. The maximum absolute atomic E-state index is 10.8. The molecule has 1 rings (SSSR count). The average molecular weight is 356 g/mol. The fraction of sp³-hybridized carbons (Fsp3) is 0.412. The molecule has 0 aliphatic rings. The van der Waals surface area contributed by atoms with Gasteiger partial charge in [-0.1, -0.05) is 23.3 Å². The largest absolute Gasteiger partial charge is 0.504 e. The van der Waals surface area contributed by atoms with E-state index < -0.39 is 10.4 Å². The van der Waals surface area contributed by atoms with E-state index in [2.05, 4.69) is 10.3 Å². The quantitative estimate of drug-likeness (QED) is 0.543. The number of rotatable bonds is 8. The van der Waals surface area contributed by atoms with Gasteiger partial charge >= 0.3 is 10.4 Å². The smallest absolute Gasteiger partial charge is 0.446 e. The summed E-state index contributed by atoms with van der Waals surface area (Å²) in [6, 6.07) is 2.55. The van der Waals surface area contributed by atoms with Crippen molar-refractivity contribution in [2.75, 3.05) is 7.11 Å². The highest BCUT2D eigenvalue weighted by Crippen LogP contribution is 2.35. The van der Waals surface area contributed by atoms with Gasteiger partial charge in [-0.25, -0.2) is 0 Å². The molecule has 1 aromatic carbocycles. The molecule has 1 aromatic rings. The molecule has 0 radical (unpaired) electrons. The van der Waals surface area contributed by atoms with Gasteiger partial charge in [-0.05, 0) is 46.1 Å². The number of hydrogen-bond acceptors (Lipinski definition) is 5. The number of aromatic hydroxyl groups is 1. The van der Waals surface area contributed by atoms with Crippen molar-refractivity contribution in [1.29, 1.82) is 0 Å². The molecule has 0 saturated carbocycles. The fourth-order valence-electron chi connectivity index (χ4n) is 2.09. The summed E-state index contributed by atoms with van der Waals surface area (Å²) in [4.78, 5) is 0. The first-order chi connectivity index (χ1) is 11.1. The Kier molecular flexibility index (Phi) is 7.31. The van der Waals surface area contributed by atoms with E-state index in [0.29, 0.717) is 12.0 Å². The molecule has 0 amide bonds. The molecule has 0 heterocycles. The van der Waals surface area contributed by atoms with Crippen molar-refractivity contribution in [2.45, 2.75) is 40.0 Å². The van der Waals surface area contributed by atoms with Crippen LogP contribution in [0.25, 0.3) is 0 Å². The van der Waals surface area contributed by atoms with Crippen molar-refractivity contribution in [3.05, 3.63) is 41.0 Å². The molecule has 0 bridgehead atoms. The van der Waals surface area contributed by atoms with Crippen molar-refractivity contribution in [1.82, 2.24) is 0 Å². The molecule has 134 valence electrons. The van der Waals surface area contributed by atoms with Gasteiger partial charge in [0.15, 0.2) is 11.5 Å². The van der Waals surface area contributed by atoms with Gasteiger partial charge in [0.25, 0.3) is 0 Å². The zero-order valence-corrected chi connectivity index (χ0v) is 15.2. The summed E-state index contributed by atoms with van der Waals surface area (Å²) in [5, 5.41) is 10.1. The van der Waals surface area contributed by atoms with Gasteiger partial charge in [0.05, 0.1) is 7.11 Å². The number of phenolic OH excluding ortho intramolecular Hbond substituents is 1. The van der Waals surface area contributed by atoms with E-state index in [4.69, 9.17) is 9.29 Å². The SMILES string of the molecule is COc1cc(OS(=O)(=O)O)cc(CC=C(C)CCC=C(C)C)c1O. The molecule has 0 aliphatic carbocycles. The number of ether oxygens (including phenoxy) is 1. The summed E-state index contributed by atoms with van der Waals surface area (Å²) in [5.41, 5.74) is 2.85. The third kappa shape index (κ3) is 7.06. The Bertz CT molecular complexity index is 728. The highest BCUT2D eigenvalue weighted by Gasteiger charge is 2.14. The maximum Gasteiger partial charge on any atom is 0.446 e. The Hall–Kier alpha value is -1.99. The van der Waals surface area contributed by atoms with E-state index >= 15 is 0 Å². The summed E-state index contributed by atoms with van der Waals surface area (Å²) in [6.45, 7) is 6.08. The third-order valence-corrected chi connectivity index (χ3v) is 3.71. The third-order valence-electron chi connectivity index (χ3n) is 3.31. The molecular weight excluding hydrogens is 332 g/mol. The van der Waals surface area contributed by atoms with Gasteiger partial charge in [0, 0.05) is 11.6 Å². The molecule has 7 heteroatoms. The lowest BCUT2D eigenvalue weighted by Gasteiger charge is -2.11. The number of benzene rings is 1. The van der Waals surface area contributed by atoms with Crippen molar-refractivity contribution >= 4 is 10.4 Å². The van der Waals surface area contributed by atoms with Crippen LogP contribution < -0.4 is 8.92 Å². The second kappa shape index (κ2) is 8.75. The van der Waals surface area contributed by atoms with Crippen LogP contribution in [-0.2, 0) is 16.8 Å². The van der Waals surface area contributed by atoms with Crippen LogP contribution in [0, 0.1) is 0 Å².